The van der Waals surface area contributed by atoms with Gasteiger partial charge in [-0.15, -0.1) is 0 Å². The molecular formula is C51H61N11O6. The second-order valence-electron chi connectivity index (χ2n) is 20.9. The van der Waals surface area contributed by atoms with E-state index in [-0.39, 0.29) is 41.8 Å². The number of fused-ring (bicyclic) bond motifs is 4. The summed E-state index contributed by atoms with van der Waals surface area (Å²) in [6.07, 6.45) is 9.90. The molecule has 6 aliphatic heterocycles. The van der Waals surface area contributed by atoms with Gasteiger partial charge in [0.1, 0.15) is 23.2 Å². The maximum absolute atomic E-state index is 13.9. The number of benzene rings is 1. The summed E-state index contributed by atoms with van der Waals surface area (Å²) in [6, 6.07) is 13.2. The van der Waals surface area contributed by atoms with Gasteiger partial charge in [-0.1, -0.05) is 13.8 Å². The fraction of sp³-hybridized carbons (Fsp3) is 0.510. The second-order valence-corrected chi connectivity index (χ2v) is 20.9. The van der Waals surface area contributed by atoms with Crippen LogP contribution in [0.25, 0.3) is 0 Å². The van der Waals surface area contributed by atoms with Crippen LogP contribution in [0.1, 0.15) is 102 Å². The molecule has 0 spiro atoms. The van der Waals surface area contributed by atoms with Crippen molar-refractivity contribution in [3.8, 4) is 0 Å². The minimum absolute atomic E-state index is 0.0874. The van der Waals surface area contributed by atoms with E-state index in [9.17, 15) is 28.8 Å². The minimum Gasteiger partial charge on any atom is -0.371 e. The number of piperazine rings is 1. The molecule has 68 heavy (non-hydrogen) atoms. The van der Waals surface area contributed by atoms with Gasteiger partial charge in [0.25, 0.3) is 23.3 Å². The summed E-state index contributed by atoms with van der Waals surface area (Å²) in [7, 11) is 1.78. The van der Waals surface area contributed by atoms with E-state index in [0.717, 1.165) is 119 Å². The Kier molecular flexibility index (Phi) is 11.0. The molecular weight excluding hydrogens is 863 g/mol. The molecule has 3 aromatic heterocycles. The minimum atomic E-state index is -0.981. The molecule has 4 aromatic rings. The predicted molar refractivity (Wildman–Crippen MR) is 258 cm³/mol. The van der Waals surface area contributed by atoms with Crippen molar-refractivity contribution >= 4 is 58.1 Å². The van der Waals surface area contributed by atoms with Gasteiger partial charge in [0, 0.05) is 108 Å². The number of rotatable bonds is 8. The van der Waals surface area contributed by atoms with E-state index >= 15 is 0 Å². The molecule has 4 saturated heterocycles. The lowest BCUT2D eigenvalue weighted by Gasteiger charge is -2.46. The van der Waals surface area contributed by atoms with Crippen LogP contribution in [0.2, 0.25) is 0 Å². The molecule has 7 aliphatic rings. The zero-order valence-electron chi connectivity index (χ0n) is 39.5. The van der Waals surface area contributed by atoms with E-state index in [1.807, 2.05) is 30.6 Å². The quantitative estimate of drug-likeness (QED) is 0.243. The van der Waals surface area contributed by atoms with Crippen LogP contribution in [0.4, 0.5) is 28.6 Å². The maximum atomic E-state index is 13.9. The van der Waals surface area contributed by atoms with Gasteiger partial charge in [-0.25, -0.2) is 4.98 Å². The molecule has 5 amide bonds. The first-order chi connectivity index (χ1) is 32.7. The Morgan fingerprint density at radius 2 is 1.50 bits per heavy atom. The molecule has 356 valence electrons. The highest BCUT2D eigenvalue weighted by molar-refractivity contribution is 6.23. The Balaban J connectivity index is 0.684. The molecule has 17 nitrogen and oxygen atoms in total. The SMILES string of the molecule is C[C@H]1CN(C2CCN(c3ccc4c(c3)C(=O)N(C3CCC(=O)NC3=O)C4=O)CC2)CCN1c1ccc(Nc2cc(N3CCC[C@H](N4CCn5c(cc6c5CC(C)(C)C6)C4=O)C3)cn(C)c2=O)nc1. The Labute approximate surface area is 396 Å². The highest BCUT2D eigenvalue weighted by atomic mass is 16.2. The Bertz CT molecular complexity index is 2790. The molecule has 9 heterocycles. The van der Waals surface area contributed by atoms with Gasteiger partial charge >= 0.3 is 0 Å². The smallest absolute Gasteiger partial charge is 0.274 e. The zero-order chi connectivity index (χ0) is 47.2. The van der Waals surface area contributed by atoms with Gasteiger partial charge < -0.3 is 34.1 Å². The second kappa shape index (κ2) is 16.9. The van der Waals surface area contributed by atoms with E-state index < -0.39 is 29.7 Å². The third-order valence-corrected chi connectivity index (χ3v) is 15.8. The molecule has 1 aromatic carbocycles. The van der Waals surface area contributed by atoms with E-state index in [2.05, 4.69) is 72.6 Å². The molecule has 4 fully saturated rings. The highest BCUT2D eigenvalue weighted by Gasteiger charge is 2.45. The number of carbonyl (C=O) groups is 5. The van der Waals surface area contributed by atoms with Crippen molar-refractivity contribution in [1.82, 2.24) is 34.1 Å². The van der Waals surface area contributed by atoms with E-state index in [1.54, 1.807) is 23.7 Å². The summed E-state index contributed by atoms with van der Waals surface area (Å²) in [5.41, 5.74) is 7.55. The van der Waals surface area contributed by atoms with Crippen LogP contribution in [0, 0.1) is 5.41 Å². The Morgan fingerprint density at radius 1 is 0.721 bits per heavy atom. The lowest BCUT2D eigenvalue weighted by Crippen LogP contribution is -2.57. The molecule has 0 bridgehead atoms. The van der Waals surface area contributed by atoms with Gasteiger partial charge in [0.15, 0.2) is 0 Å². The molecule has 0 saturated carbocycles. The van der Waals surface area contributed by atoms with Crippen molar-refractivity contribution in [1.29, 1.82) is 0 Å². The van der Waals surface area contributed by atoms with Gasteiger partial charge in [-0.3, -0.25) is 43.9 Å². The van der Waals surface area contributed by atoms with Gasteiger partial charge in [-0.05, 0) is 105 Å². The van der Waals surface area contributed by atoms with E-state index in [0.29, 0.717) is 35.2 Å². The fourth-order valence-corrected chi connectivity index (χ4v) is 12.3. The standard InChI is InChI=1S/C51H61N11O6/c1-31-28-58(33-13-16-56(17-14-33)34-7-9-38-39(23-34)48(66)62(47(38)65)41-10-12-45(63)54-46(41)64)18-19-59(31)35-8-11-44(52-27-35)53-40-24-37(29-55(4)49(40)67)57-15-5-6-36(30-57)60-20-21-61-42(50(60)68)22-32-25-51(2,3)26-43(32)61/h7-9,11,22-24,27,29,31,33,36,41H,5-6,10,12-21,25-26,28,30H2,1-4H3,(H,52,53)(H,54,63,64)/t31-,36-,41?/m0/s1. The first-order valence-corrected chi connectivity index (χ1v) is 24.5. The normalized spacial score (nSPS) is 24.4. The highest BCUT2D eigenvalue weighted by Crippen LogP contribution is 2.40. The molecule has 11 rings (SSSR count). The number of anilines is 5. The molecule has 1 aliphatic carbocycles. The first kappa shape index (κ1) is 44.0. The van der Waals surface area contributed by atoms with Gasteiger partial charge in [-0.2, -0.15) is 0 Å². The average molecular weight is 924 g/mol. The van der Waals surface area contributed by atoms with Gasteiger partial charge in [0.2, 0.25) is 11.8 Å². The van der Waals surface area contributed by atoms with Crippen LogP contribution in [-0.4, -0.2) is 135 Å². The van der Waals surface area contributed by atoms with Crippen molar-refractivity contribution in [2.75, 3.05) is 72.4 Å². The number of nitrogens with one attached hydrogen (secondary N) is 2. The molecule has 1 unspecified atom stereocenters. The maximum Gasteiger partial charge on any atom is 0.274 e. The summed E-state index contributed by atoms with van der Waals surface area (Å²) in [5.74, 6) is -1.24. The summed E-state index contributed by atoms with van der Waals surface area (Å²) < 4.78 is 3.91. The molecule has 2 N–H and O–H groups in total. The number of nitrogens with zero attached hydrogens (tertiary/aromatic N) is 9. The summed E-state index contributed by atoms with van der Waals surface area (Å²) in [6.45, 7) is 14.3. The van der Waals surface area contributed by atoms with Crippen LogP contribution in [-0.2, 0) is 36.0 Å². The molecule has 3 atom stereocenters. The van der Waals surface area contributed by atoms with Crippen molar-refractivity contribution in [3.63, 3.8) is 0 Å². The lowest BCUT2D eigenvalue weighted by atomic mass is 9.90. The van der Waals surface area contributed by atoms with Crippen molar-refractivity contribution in [2.24, 2.45) is 12.5 Å². The third kappa shape index (κ3) is 7.81. The number of pyridine rings is 2. The van der Waals surface area contributed by atoms with E-state index in [1.165, 1.54) is 11.3 Å². The number of carbonyl (C=O) groups excluding carboxylic acids is 5. The monoisotopic (exact) mass is 923 g/mol. The fourth-order valence-electron chi connectivity index (χ4n) is 12.3. The van der Waals surface area contributed by atoms with Crippen molar-refractivity contribution in [2.45, 2.75) is 103 Å². The number of hydrogen-bond donors (Lipinski definition) is 2. The summed E-state index contributed by atoms with van der Waals surface area (Å²) in [4.78, 5) is 95.7. The van der Waals surface area contributed by atoms with Gasteiger partial charge in [0.05, 0.1) is 28.7 Å². The van der Waals surface area contributed by atoms with Crippen LogP contribution in [0.3, 0.4) is 0 Å². The number of aryl methyl sites for hydroxylation is 1. The predicted octanol–water partition coefficient (Wildman–Crippen LogP) is 4.16. The van der Waals surface area contributed by atoms with Crippen molar-refractivity contribution in [3.05, 3.63) is 93.3 Å². The van der Waals surface area contributed by atoms with Crippen LogP contribution in [0.15, 0.2) is 59.7 Å². The largest absolute Gasteiger partial charge is 0.371 e. The number of hydrogen-bond acceptors (Lipinski definition) is 12. The topological polar surface area (TPSA) is 169 Å². The zero-order valence-corrected chi connectivity index (χ0v) is 39.5. The number of amides is 5. The summed E-state index contributed by atoms with van der Waals surface area (Å²) in [5, 5.41) is 5.58. The average Bonchev–Trinajstić information content (AvgIpc) is 3.92. The van der Waals surface area contributed by atoms with E-state index in [4.69, 9.17) is 4.98 Å². The Morgan fingerprint density at radius 3 is 2.26 bits per heavy atom. The summed E-state index contributed by atoms with van der Waals surface area (Å²) >= 11 is 0. The number of imide groups is 2. The van der Waals surface area contributed by atoms with Crippen LogP contribution >= 0.6 is 0 Å². The van der Waals surface area contributed by atoms with Crippen molar-refractivity contribution < 1.29 is 24.0 Å². The number of piperidine rings is 3. The Hall–Kier alpha value is -6.49. The van der Waals surface area contributed by atoms with Crippen LogP contribution < -0.4 is 30.9 Å². The number of aromatic nitrogens is 3. The third-order valence-electron chi connectivity index (χ3n) is 15.8. The first-order valence-electron chi connectivity index (χ1n) is 24.5. The molecule has 17 heteroatoms. The van der Waals surface area contributed by atoms with Crippen LogP contribution in [0.5, 0.6) is 0 Å². The lowest BCUT2D eigenvalue weighted by molar-refractivity contribution is -0.136. The molecule has 0 radical (unpaired) electrons.